The van der Waals surface area contributed by atoms with Crippen LogP contribution < -0.4 is 4.74 Å². The summed E-state index contributed by atoms with van der Waals surface area (Å²) in [6.45, 7) is 6.23. The van der Waals surface area contributed by atoms with Crippen LogP contribution in [0.5, 0.6) is 5.75 Å². The molecule has 1 saturated heterocycles. The van der Waals surface area contributed by atoms with Crippen LogP contribution in [0.2, 0.25) is 0 Å². The highest BCUT2D eigenvalue weighted by atomic mass is 32.2. The van der Waals surface area contributed by atoms with E-state index in [1.165, 1.54) is 23.9 Å². The zero-order chi connectivity index (χ0) is 21.2. The Balaban J connectivity index is 1.89. The molecule has 0 aromatic heterocycles. The summed E-state index contributed by atoms with van der Waals surface area (Å²) in [5.41, 5.74) is 1.81. The maximum absolute atomic E-state index is 13.2. The van der Waals surface area contributed by atoms with Gasteiger partial charge in [0.15, 0.2) is 0 Å². The molecule has 3 rings (SSSR count). The van der Waals surface area contributed by atoms with Gasteiger partial charge in [-0.3, -0.25) is 4.79 Å². The molecule has 0 amide bonds. The normalized spacial score (nSPS) is 19.6. The van der Waals surface area contributed by atoms with Crippen LogP contribution in [0.1, 0.15) is 20.8 Å². The van der Waals surface area contributed by atoms with E-state index < -0.39 is 26.8 Å². The number of carboxylic acids is 1. The molecule has 1 N–H and O–H groups in total. The number of hydrogen-bond donors (Lipinski definition) is 1. The van der Waals surface area contributed by atoms with E-state index in [4.69, 9.17) is 4.74 Å². The molecule has 8 heteroatoms. The lowest BCUT2D eigenvalue weighted by Gasteiger charge is -2.42. The van der Waals surface area contributed by atoms with E-state index in [0.717, 1.165) is 21.2 Å². The fraction of sp³-hybridized carbons (Fsp3) is 0.381. The zero-order valence-corrected chi connectivity index (χ0v) is 18.3. The summed E-state index contributed by atoms with van der Waals surface area (Å²) in [5, 5.41) is 9.68. The van der Waals surface area contributed by atoms with Gasteiger partial charge in [0.05, 0.1) is 11.5 Å². The van der Waals surface area contributed by atoms with Crippen molar-refractivity contribution in [2.75, 3.05) is 18.9 Å². The van der Waals surface area contributed by atoms with Gasteiger partial charge in [-0.15, -0.1) is 0 Å². The molecule has 1 fully saturated rings. The van der Waals surface area contributed by atoms with Crippen LogP contribution in [0.25, 0.3) is 11.1 Å². The van der Waals surface area contributed by atoms with Crippen molar-refractivity contribution in [2.24, 2.45) is 0 Å². The van der Waals surface area contributed by atoms with E-state index in [0.29, 0.717) is 12.4 Å². The first-order chi connectivity index (χ1) is 13.7. The van der Waals surface area contributed by atoms with Crippen LogP contribution in [0.4, 0.5) is 0 Å². The first-order valence-electron chi connectivity index (χ1n) is 9.38. The van der Waals surface area contributed by atoms with Crippen LogP contribution in [0, 0.1) is 0 Å². The van der Waals surface area contributed by atoms with E-state index in [1.54, 1.807) is 26.0 Å². The van der Waals surface area contributed by atoms with Gasteiger partial charge in [0, 0.05) is 17.0 Å². The van der Waals surface area contributed by atoms with Crippen LogP contribution in [0.15, 0.2) is 53.4 Å². The van der Waals surface area contributed by atoms with Crippen molar-refractivity contribution in [3.63, 3.8) is 0 Å². The number of carbonyl (C=O) groups is 1. The topological polar surface area (TPSA) is 83.9 Å². The van der Waals surface area contributed by atoms with Gasteiger partial charge < -0.3 is 9.84 Å². The number of hydrogen-bond acceptors (Lipinski definition) is 5. The van der Waals surface area contributed by atoms with E-state index in [9.17, 15) is 18.3 Å². The van der Waals surface area contributed by atoms with E-state index in [1.807, 2.05) is 31.2 Å². The molecule has 1 aliphatic heterocycles. The van der Waals surface area contributed by atoms with Gasteiger partial charge >= 0.3 is 5.97 Å². The predicted molar refractivity (Wildman–Crippen MR) is 115 cm³/mol. The zero-order valence-electron chi connectivity index (χ0n) is 16.7. The van der Waals surface area contributed by atoms with Crippen molar-refractivity contribution in [3.05, 3.63) is 48.5 Å². The van der Waals surface area contributed by atoms with Gasteiger partial charge in [0.2, 0.25) is 10.0 Å². The Morgan fingerprint density at radius 1 is 1.14 bits per heavy atom. The molecule has 29 heavy (non-hydrogen) atoms. The summed E-state index contributed by atoms with van der Waals surface area (Å²) in [5.74, 6) is 0.206. The molecule has 1 heterocycles. The van der Waals surface area contributed by atoms with Crippen molar-refractivity contribution in [2.45, 2.75) is 36.5 Å². The van der Waals surface area contributed by atoms with Crippen molar-refractivity contribution < 1.29 is 23.1 Å². The van der Waals surface area contributed by atoms with Gasteiger partial charge in [0.1, 0.15) is 11.8 Å². The summed E-state index contributed by atoms with van der Waals surface area (Å²) in [6, 6.07) is 13.0. The molecular weight excluding hydrogens is 410 g/mol. The molecular formula is C21H25NO5S2. The SMILES string of the molecule is CCOc1ccc(-c2ccc(S(=O)(=O)N3CCSC(C)(C)[C@@H]3C(=O)O)cc2)cc1. The molecule has 6 nitrogen and oxygen atoms in total. The summed E-state index contributed by atoms with van der Waals surface area (Å²) < 4.78 is 32.2. The third-order valence-corrected chi connectivity index (χ3v) is 8.16. The summed E-state index contributed by atoms with van der Waals surface area (Å²) in [6.07, 6.45) is 0. The van der Waals surface area contributed by atoms with E-state index in [-0.39, 0.29) is 11.4 Å². The lowest BCUT2D eigenvalue weighted by molar-refractivity contribution is -0.142. The molecule has 0 radical (unpaired) electrons. The molecule has 0 unspecified atom stereocenters. The van der Waals surface area contributed by atoms with Crippen LogP contribution in [0.3, 0.4) is 0 Å². The van der Waals surface area contributed by atoms with Crippen LogP contribution in [-0.4, -0.2) is 53.5 Å². The molecule has 2 aromatic rings. The van der Waals surface area contributed by atoms with Gasteiger partial charge in [0.25, 0.3) is 0 Å². The first kappa shape index (κ1) is 21.7. The molecule has 0 saturated carbocycles. The van der Waals surface area contributed by atoms with Crippen LogP contribution >= 0.6 is 11.8 Å². The number of aliphatic carboxylic acids is 1. The Kier molecular flexibility index (Phi) is 6.26. The number of nitrogens with zero attached hydrogens (tertiary/aromatic N) is 1. The standard InChI is InChI=1S/C21H25NO5S2/c1-4-27-17-9-5-15(6-10-17)16-7-11-18(12-8-16)29(25,26)22-13-14-28-21(2,3)19(22)20(23)24/h5-12,19H,4,13-14H2,1-3H3,(H,23,24)/t19-/m0/s1. The van der Waals surface area contributed by atoms with E-state index >= 15 is 0 Å². The number of carboxylic acid groups (broad SMARTS) is 1. The molecule has 1 aliphatic rings. The van der Waals surface area contributed by atoms with Gasteiger partial charge in [-0.1, -0.05) is 24.3 Å². The van der Waals surface area contributed by atoms with Crippen molar-refractivity contribution >= 4 is 27.8 Å². The summed E-state index contributed by atoms with van der Waals surface area (Å²) >= 11 is 1.48. The Bertz CT molecular complexity index is 969. The number of sulfonamides is 1. The Morgan fingerprint density at radius 2 is 1.69 bits per heavy atom. The van der Waals surface area contributed by atoms with Gasteiger partial charge in [-0.25, -0.2) is 8.42 Å². The smallest absolute Gasteiger partial charge is 0.323 e. The molecule has 156 valence electrons. The maximum Gasteiger partial charge on any atom is 0.323 e. The average Bonchev–Trinajstić information content (AvgIpc) is 2.67. The fourth-order valence-corrected chi connectivity index (χ4v) is 6.59. The van der Waals surface area contributed by atoms with Gasteiger partial charge in [-0.2, -0.15) is 16.1 Å². The first-order valence-corrected chi connectivity index (χ1v) is 11.8. The predicted octanol–water partition coefficient (Wildman–Crippen LogP) is 3.72. The Morgan fingerprint density at radius 3 is 2.21 bits per heavy atom. The third kappa shape index (κ3) is 4.44. The second-order valence-corrected chi connectivity index (χ2v) is 10.9. The highest BCUT2D eigenvalue weighted by Gasteiger charge is 2.48. The second kappa shape index (κ2) is 8.38. The highest BCUT2D eigenvalue weighted by molar-refractivity contribution is 8.00. The van der Waals surface area contributed by atoms with Crippen molar-refractivity contribution in [1.29, 1.82) is 0 Å². The fourth-order valence-electron chi connectivity index (χ4n) is 3.50. The number of benzene rings is 2. The third-order valence-electron chi connectivity index (χ3n) is 4.93. The minimum atomic E-state index is -3.92. The monoisotopic (exact) mass is 435 g/mol. The summed E-state index contributed by atoms with van der Waals surface area (Å²) in [7, 11) is -3.92. The Labute approximate surface area is 175 Å². The maximum atomic E-state index is 13.2. The molecule has 1 atom stereocenters. The minimum absolute atomic E-state index is 0.0983. The Hall–Kier alpha value is -2.03. The second-order valence-electron chi connectivity index (χ2n) is 7.29. The molecule has 2 aromatic carbocycles. The molecule has 0 spiro atoms. The lowest BCUT2D eigenvalue weighted by Crippen LogP contribution is -2.58. The van der Waals surface area contributed by atoms with Crippen LogP contribution in [-0.2, 0) is 14.8 Å². The number of rotatable bonds is 6. The van der Waals surface area contributed by atoms with E-state index in [2.05, 4.69) is 0 Å². The van der Waals surface area contributed by atoms with Crippen molar-refractivity contribution in [3.8, 4) is 16.9 Å². The minimum Gasteiger partial charge on any atom is -0.494 e. The quantitative estimate of drug-likeness (QED) is 0.744. The molecule has 0 bridgehead atoms. The number of ether oxygens (including phenoxy) is 1. The number of thioether (sulfide) groups is 1. The molecule has 0 aliphatic carbocycles. The highest BCUT2D eigenvalue weighted by Crippen LogP contribution is 2.38. The van der Waals surface area contributed by atoms with Crippen molar-refractivity contribution in [1.82, 2.24) is 4.31 Å². The lowest BCUT2D eigenvalue weighted by atomic mass is 10.0. The van der Waals surface area contributed by atoms with Gasteiger partial charge in [-0.05, 0) is 56.2 Å². The largest absolute Gasteiger partial charge is 0.494 e. The average molecular weight is 436 g/mol. The summed E-state index contributed by atoms with van der Waals surface area (Å²) in [4.78, 5) is 11.9.